The third-order valence-electron chi connectivity index (χ3n) is 5.94. The fourth-order valence-electron chi connectivity index (χ4n) is 4.10. The zero-order valence-corrected chi connectivity index (χ0v) is 19.6. The minimum absolute atomic E-state index is 0.121. The quantitative estimate of drug-likeness (QED) is 0.491. The van der Waals surface area contributed by atoms with Gasteiger partial charge in [0.25, 0.3) is 0 Å². The van der Waals surface area contributed by atoms with Gasteiger partial charge in [-0.1, -0.05) is 37.3 Å². The van der Waals surface area contributed by atoms with Gasteiger partial charge in [-0.2, -0.15) is 0 Å². The van der Waals surface area contributed by atoms with Crippen molar-refractivity contribution in [2.75, 3.05) is 31.6 Å². The Morgan fingerprint density at radius 1 is 1.25 bits per heavy atom. The van der Waals surface area contributed by atoms with E-state index in [1.54, 1.807) is 6.20 Å². The highest BCUT2D eigenvalue weighted by atomic mass is 16.1. The highest BCUT2D eigenvalue weighted by molar-refractivity contribution is 5.80. The number of amides is 1. The molecule has 1 aliphatic rings. The minimum atomic E-state index is -0.228. The van der Waals surface area contributed by atoms with E-state index in [0.717, 1.165) is 56.2 Å². The third-order valence-corrected chi connectivity index (χ3v) is 5.94. The first kappa shape index (κ1) is 23.6. The lowest BCUT2D eigenvalue weighted by Gasteiger charge is -2.33. The zero-order chi connectivity index (χ0) is 22.9. The van der Waals surface area contributed by atoms with Crippen molar-refractivity contribution in [2.24, 2.45) is 16.6 Å². The van der Waals surface area contributed by atoms with Crippen molar-refractivity contribution in [2.45, 2.75) is 46.2 Å². The number of nitrogens with one attached hydrogen (secondary N) is 1. The summed E-state index contributed by atoms with van der Waals surface area (Å²) in [5, 5.41) is 3.40. The molecule has 172 valence electrons. The van der Waals surface area contributed by atoms with Gasteiger partial charge in [-0.3, -0.25) is 4.79 Å². The Hall–Kier alpha value is -3.09. The van der Waals surface area contributed by atoms with Crippen LogP contribution >= 0.6 is 0 Å². The summed E-state index contributed by atoms with van der Waals surface area (Å²) in [6, 6.07) is 12.7. The Bertz CT molecular complexity index is 911. The molecule has 3 rings (SSSR count). The Balaban J connectivity index is 1.73. The van der Waals surface area contributed by atoms with E-state index in [-0.39, 0.29) is 11.8 Å². The van der Waals surface area contributed by atoms with Gasteiger partial charge >= 0.3 is 0 Å². The summed E-state index contributed by atoms with van der Waals surface area (Å²) in [5.41, 5.74) is 9.22. The average Bonchev–Trinajstić information content (AvgIpc) is 2.82. The highest BCUT2D eigenvalue weighted by Crippen LogP contribution is 2.25. The number of guanidine groups is 1. The summed E-state index contributed by atoms with van der Waals surface area (Å²) in [5.74, 6) is 1.41. The third kappa shape index (κ3) is 6.22. The fraction of sp³-hybridized carbons (Fsp3) is 0.480. The highest BCUT2D eigenvalue weighted by Gasteiger charge is 2.26. The molecule has 0 aliphatic carbocycles. The van der Waals surface area contributed by atoms with Gasteiger partial charge < -0.3 is 20.9 Å². The molecular formula is C25H36N6O. The molecule has 32 heavy (non-hydrogen) atoms. The molecule has 2 aromatic rings. The molecule has 1 amide bonds. The molecule has 1 aliphatic heterocycles. The molecule has 7 nitrogen and oxygen atoms in total. The number of aryl methyl sites for hydroxylation is 1. The Kier molecular flexibility index (Phi) is 8.48. The van der Waals surface area contributed by atoms with Crippen molar-refractivity contribution in [3.05, 3.63) is 59.3 Å². The standard InChI is InChI=1S/C25H36N6O/c1-4-19-10-12-20(13-11-19)17-30(3)25(27-5-2)29-16-21-8-6-14-28-24(21)31-15-7-9-22(18-31)23(26)32/h6,8,10-14,22H,4-5,7,9,15-18H2,1-3H3,(H2,26,32)(H,27,29). The number of hydrogen-bond acceptors (Lipinski definition) is 4. The summed E-state index contributed by atoms with van der Waals surface area (Å²) in [6.45, 7) is 7.84. The Morgan fingerprint density at radius 2 is 2.00 bits per heavy atom. The monoisotopic (exact) mass is 436 g/mol. The summed E-state index contributed by atoms with van der Waals surface area (Å²) < 4.78 is 0. The number of benzene rings is 1. The largest absolute Gasteiger partial charge is 0.369 e. The molecule has 0 bridgehead atoms. The van der Waals surface area contributed by atoms with Crippen molar-refractivity contribution in [3.63, 3.8) is 0 Å². The molecule has 1 aromatic heterocycles. The van der Waals surface area contributed by atoms with Crippen LogP contribution in [-0.2, 0) is 24.3 Å². The second-order valence-electron chi connectivity index (χ2n) is 8.37. The fourth-order valence-corrected chi connectivity index (χ4v) is 4.10. The van der Waals surface area contributed by atoms with Crippen LogP contribution < -0.4 is 16.0 Å². The lowest BCUT2D eigenvalue weighted by Crippen LogP contribution is -2.42. The first-order chi connectivity index (χ1) is 15.5. The normalized spacial score (nSPS) is 16.7. The SMILES string of the molecule is CCNC(=NCc1cccnc1N1CCCC(C(N)=O)C1)N(C)Cc1ccc(CC)cc1. The van der Waals surface area contributed by atoms with Crippen LogP contribution in [0.3, 0.4) is 0 Å². The topological polar surface area (TPSA) is 86.9 Å². The molecule has 1 saturated heterocycles. The van der Waals surface area contributed by atoms with Gasteiger partial charge in [0.1, 0.15) is 5.82 Å². The van der Waals surface area contributed by atoms with Crippen LogP contribution in [-0.4, -0.2) is 48.4 Å². The van der Waals surface area contributed by atoms with Crippen molar-refractivity contribution in [1.82, 2.24) is 15.2 Å². The van der Waals surface area contributed by atoms with Gasteiger partial charge in [0.05, 0.1) is 12.5 Å². The first-order valence-corrected chi connectivity index (χ1v) is 11.6. The number of aliphatic imine (C=N–C) groups is 1. The number of hydrogen-bond donors (Lipinski definition) is 2. The van der Waals surface area contributed by atoms with Gasteiger partial charge in [-0.15, -0.1) is 0 Å². The minimum Gasteiger partial charge on any atom is -0.369 e. The van der Waals surface area contributed by atoms with Crippen LogP contribution in [0.25, 0.3) is 0 Å². The summed E-state index contributed by atoms with van der Waals surface area (Å²) in [4.78, 5) is 25.5. The summed E-state index contributed by atoms with van der Waals surface area (Å²) >= 11 is 0. The maximum atomic E-state index is 11.7. The maximum absolute atomic E-state index is 11.7. The first-order valence-electron chi connectivity index (χ1n) is 11.6. The van der Waals surface area contributed by atoms with Crippen LogP contribution in [0.15, 0.2) is 47.6 Å². The van der Waals surface area contributed by atoms with E-state index < -0.39 is 0 Å². The Morgan fingerprint density at radius 3 is 2.69 bits per heavy atom. The summed E-state index contributed by atoms with van der Waals surface area (Å²) in [7, 11) is 2.06. The average molecular weight is 437 g/mol. The number of nitrogens with zero attached hydrogens (tertiary/aromatic N) is 4. The Labute approximate surface area is 191 Å². The smallest absolute Gasteiger partial charge is 0.222 e. The number of rotatable bonds is 8. The number of nitrogens with two attached hydrogens (primary N) is 1. The number of carbonyl (C=O) groups is 1. The predicted octanol–water partition coefficient (Wildman–Crippen LogP) is 2.94. The number of primary amides is 1. The molecule has 3 N–H and O–H groups in total. The van der Waals surface area contributed by atoms with Gasteiger partial charge in [0.15, 0.2) is 5.96 Å². The van der Waals surface area contributed by atoms with Gasteiger partial charge in [0, 0.05) is 45.0 Å². The molecule has 1 fully saturated rings. The molecule has 0 radical (unpaired) electrons. The van der Waals surface area contributed by atoms with Crippen molar-refractivity contribution < 1.29 is 4.79 Å². The van der Waals surface area contributed by atoms with Gasteiger partial charge in [-0.25, -0.2) is 9.98 Å². The van der Waals surface area contributed by atoms with E-state index in [0.29, 0.717) is 13.1 Å². The van der Waals surface area contributed by atoms with E-state index in [9.17, 15) is 4.79 Å². The van der Waals surface area contributed by atoms with Crippen LogP contribution in [0.5, 0.6) is 0 Å². The lowest BCUT2D eigenvalue weighted by atomic mass is 9.97. The molecule has 1 atom stereocenters. The molecular weight excluding hydrogens is 400 g/mol. The molecule has 1 unspecified atom stereocenters. The molecule has 2 heterocycles. The molecule has 7 heteroatoms. The van der Waals surface area contributed by atoms with E-state index in [1.165, 1.54) is 11.1 Å². The van der Waals surface area contributed by atoms with Crippen molar-refractivity contribution in [1.29, 1.82) is 0 Å². The summed E-state index contributed by atoms with van der Waals surface area (Å²) in [6.07, 6.45) is 4.63. The molecule has 0 saturated carbocycles. The number of anilines is 1. The maximum Gasteiger partial charge on any atom is 0.222 e. The van der Waals surface area contributed by atoms with Crippen LogP contribution in [0.4, 0.5) is 5.82 Å². The van der Waals surface area contributed by atoms with Crippen molar-refractivity contribution >= 4 is 17.7 Å². The van der Waals surface area contributed by atoms with Crippen LogP contribution in [0, 0.1) is 5.92 Å². The predicted molar refractivity (Wildman–Crippen MR) is 130 cm³/mol. The number of piperidine rings is 1. The van der Waals surface area contributed by atoms with Gasteiger partial charge in [0.2, 0.25) is 5.91 Å². The molecule has 1 aromatic carbocycles. The molecule has 0 spiro atoms. The van der Waals surface area contributed by atoms with E-state index in [1.807, 2.05) is 6.07 Å². The lowest BCUT2D eigenvalue weighted by molar-refractivity contribution is -0.122. The number of carbonyl (C=O) groups excluding carboxylic acids is 1. The van der Waals surface area contributed by atoms with Crippen molar-refractivity contribution in [3.8, 4) is 0 Å². The van der Waals surface area contributed by atoms with E-state index >= 15 is 0 Å². The van der Waals surface area contributed by atoms with Gasteiger partial charge in [-0.05, 0) is 43.4 Å². The van der Waals surface area contributed by atoms with Crippen LogP contribution in [0.2, 0.25) is 0 Å². The number of aromatic nitrogens is 1. The van der Waals surface area contributed by atoms with E-state index in [4.69, 9.17) is 10.7 Å². The second kappa shape index (κ2) is 11.5. The zero-order valence-electron chi connectivity index (χ0n) is 19.6. The van der Waals surface area contributed by atoms with E-state index in [2.05, 4.69) is 71.3 Å². The second-order valence-corrected chi connectivity index (χ2v) is 8.37. The number of pyridine rings is 1. The van der Waals surface area contributed by atoms with Crippen LogP contribution in [0.1, 0.15) is 43.4 Å².